The monoisotopic (exact) mass is 444 g/mol. The highest BCUT2D eigenvalue weighted by Crippen LogP contribution is 2.48. The van der Waals surface area contributed by atoms with E-state index < -0.39 is 15.2 Å². The van der Waals surface area contributed by atoms with Gasteiger partial charge in [-0.05, 0) is 51.6 Å². The lowest BCUT2D eigenvalue weighted by atomic mass is 10.0. The Kier molecular flexibility index (Phi) is 16.1. The maximum Gasteiger partial charge on any atom is 0.328 e. The van der Waals surface area contributed by atoms with Gasteiger partial charge in [-0.25, -0.2) is 0 Å². The Morgan fingerprint density at radius 2 is 0.857 bits per heavy atom. The lowest BCUT2D eigenvalue weighted by molar-refractivity contribution is 0.335. The van der Waals surface area contributed by atoms with E-state index in [1.807, 2.05) is 0 Å². The highest BCUT2D eigenvalue weighted by molar-refractivity contribution is 7.52. The Morgan fingerprint density at radius 3 is 1.04 bits per heavy atom. The van der Waals surface area contributed by atoms with Gasteiger partial charge in [0.2, 0.25) is 0 Å². The number of unbranched alkanes of at least 4 members (excludes halogenated alkanes) is 3. The first-order valence-electron chi connectivity index (χ1n) is 10.6. The van der Waals surface area contributed by atoms with Crippen molar-refractivity contribution in [3.05, 3.63) is 0 Å². The average molecular weight is 444 g/mol. The molecule has 0 aromatic heterocycles. The molecule has 10 heteroatoms. The molecule has 0 bridgehead atoms. The first kappa shape index (κ1) is 28.2. The second-order valence-electron chi connectivity index (χ2n) is 7.75. The molecule has 2 rings (SSSR count). The largest absolute Gasteiger partial charge is 0.330 e. The van der Waals surface area contributed by atoms with Crippen LogP contribution in [0.1, 0.15) is 89.9 Å². The second kappa shape index (κ2) is 16.0. The van der Waals surface area contributed by atoms with E-state index in [1.165, 1.54) is 12.8 Å². The Labute approximate surface area is 170 Å². The molecule has 0 heterocycles. The minimum atomic E-state index is -3.74. The first-order valence-corrected chi connectivity index (χ1v) is 14.0. The van der Waals surface area contributed by atoms with Gasteiger partial charge in [0.25, 0.3) is 0 Å². The van der Waals surface area contributed by atoms with E-state index in [2.05, 4.69) is 0 Å². The minimum absolute atomic E-state index is 0.332. The van der Waals surface area contributed by atoms with Gasteiger partial charge in [-0.1, -0.05) is 51.4 Å². The van der Waals surface area contributed by atoms with Gasteiger partial charge in [-0.3, -0.25) is 9.13 Å². The molecule has 28 heavy (non-hydrogen) atoms. The Balaban J connectivity index is 0.000000394. The molecule has 0 atom stereocenters. The van der Waals surface area contributed by atoms with Gasteiger partial charge in [0.1, 0.15) is 0 Å². The molecule has 0 unspecified atom stereocenters. The number of nitrogens with two attached hydrogens (primary N) is 2. The van der Waals surface area contributed by atoms with Crippen molar-refractivity contribution in [3.63, 3.8) is 0 Å². The third-order valence-corrected chi connectivity index (χ3v) is 8.19. The Bertz CT molecular complexity index is 415. The number of rotatable bonds is 7. The van der Waals surface area contributed by atoms with Crippen molar-refractivity contribution in [2.45, 2.75) is 101 Å². The van der Waals surface area contributed by atoms with Crippen molar-refractivity contribution in [2.24, 2.45) is 11.5 Å². The predicted molar refractivity (Wildman–Crippen MR) is 114 cm³/mol. The molecule has 2 fully saturated rings. The lowest BCUT2D eigenvalue weighted by Crippen LogP contribution is -2.12. The first-order chi connectivity index (χ1) is 13.1. The summed E-state index contributed by atoms with van der Waals surface area (Å²) in [5.41, 5.74) is 9.89. The molecule has 0 amide bonds. The standard InChI is InChI=1S/C6H16N2.2C6H13O3P/c7-5-3-1-2-4-6-8;2*7-10(8,9)6-4-2-1-3-5-6/h1-8H2;2*6H,1-5H2,(H2,7,8,9). The molecular formula is C18H42N2O6P2. The predicted octanol–water partition coefficient (Wildman–Crippen LogP) is 3.46. The third-order valence-electron chi connectivity index (χ3n) is 5.26. The van der Waals surface area contributed by atoms with Crippen LogP contribution in [0.25, 0.3) is 0 Å². The fraction of sp³-hybridized carbons (Fsp3) is 1.00. The summed E-state index contributed by atoms with van der Waals surface area (Å²) in [6.45, 7) is 1.65. The summed E-state index contributed by atoms with van der Waals surface area (Å²) in [5.74, 6) is 0. The summed E-state index contributed by atoms with van der Waals surface area (Å²) < 4.78 is 21.4. The van der Waals surface area contributed by atoms with Crippen molar-refractivity contribution in [1.29, 1.82) is 0 Å². The summed E-state index contributed by atoms with van der Waals surface area (Å²) in [6.07, 6.45) is 13.8. The van der Waals surface area contributed by atoms with E-state index in [4.69, 9.17) is 31.0 Å². The molecule has 0 spiro atoms. The molecule has 0 aromatic rings. The van der Waals surface area contributed by atoms with Crippen molar-refractivity contribution < 1.29 is 28.7 Å². The molecule has 8 N–H and O–H groups in total. The maximum atomic E-state index is 10.7. The Hall–Kier alpha value is 0.220. The van der Waals surface area contributed by atoms with Crippen LogP contribution >= 0.6 is 15.2 Å². The van der Waals surface area contributed by atoms with E-state index in [1.54, 1.807) is 0 Å². The zero-order valence-electron chi connectivity index (χ0n) is 17.1. The van der Waals surface area contributed by atoms with Crippen molar-refractivity contribution in [1.82, 2.24) is 0 Å². The SMILES string of the molecule is NCCCCCCN.O=P(O)(O)C1CCCCC1.O=P(O)(O)C1CCCCC1. The van der Waals surface area contributed by atoms with Crippen LogP contribution < -0.4 is 11.5 Å². The third kappa shape index (κ3) is 15.1. The van der Waals surface area contributed by atoms with Crippen LogP contribution in [-0.2, 0) is 9.13 Å². The smallest absolute Gasteiger partial charge is 0.328 e. The molecule has 0 radical (unpaired) electrons. The molecule has 8 nitrogen and oxygen atoms in total. The zero-order chi connectivity index (χ0) is 21.5. The molecule has 2 saturated carbocycles. The fourth-order valence-corrected chi connectivity index (χ4v) is 5.55. The highest BCUT2D eigenvalue weighted by Gasteiger charge is 2.30. The maximum absolute atomic E-state index is 10.7. The molecule has 0 aliphatic heterocycles. The van der Waals surface area contributed by atoms with Crippen LogP contribution in [0.5, 0.6) is 0 Å². The number of hydrogen-bond donors (Lipinski definition) is 6. The van der Waals surface area contributed by atoms with Crippen molar-refractivity contribution >= 4 is 15.2 Å². The fourth-order valence-electron chi connectivity index (χ4n) is 3.48. The zero-order valence-corrected chi connectivity index (χ0v) is 18.9. The molecular weight excluding hydrogens is 402 g/mol. The topological polar surface area (TPSA) is 167 Å². The van der Waals surface area contributed by atoms with Gasteiger partial charge < -0.3 is 31.0 Å². The normalized spacial score (nSPS) is 19.2. The van der Waals surface area contributed by atoms with E-state index >= 15 is 0 Å². The van der Waals surface area contributed by atoms with Crippen LogP contribution in [0.2, 0.25) is 0 Å². The van der Waals surface area contributed by atoms with Gasteiger partial charge in [0.15, 0.2) is 0 Å². The summed E-state index contributed by atoms with van der Waals surface area (Å²) in [4.78, 5) is 35.0. The van der Waals surface area contributed by atoms with Crippen molar-refractivity contribution in [3.8, 4) is 0 Å². The van der Waals surface area contributed by atoms with Crippen LogP contribution in [0, 0.1) is 0 Å². The quantitative estimate of drug-likeness (QED) is 0.256. The van der Waals surface area contributed by atoms with Crippen LogP contribution in [0.3, 0.4) is 0 Å². The summed E-state index contributed by atoms with van der Waals surface area (Å²) in [7, 11) is -7.48. The van der Waals surface area contributed by atoms with Gasteiger partial charge in [-0.15, -0.1) is 0 Å². The van der Waals surface area contributed by atoms with Gasteiger partial charge in [0, 0.05) is 0 Å². The van der Waals surface area contributed by atoms with E-state index in [9.17, 15) is 9.13 Å². The van der Waals surface area contributed by atoms with Crippen LogP contribution in [0.4, 0.5) is 0 Å². The van der Waals surface area contributed by atoms with Gasteiger partial charge >= 0.3 is 15.2 Å². The lowest BCUT2D eigenvalue weighted by Gasteiger charge is -2.21. The molecule has 2 aliphatic rings. The second-order valence-corrected chi connectivity index (χ2v) is 11.6. The molecule has 0 saturated heterocycles. The minimum Gasteiger partial charge on any atom is -0.330 e. The summed E-state index contributed by atoms with van der Waals surface area (Å²) >= 11 is 0. The van der Waals surface area contributed by atoms with E-state index in [-0.39, 0.29) is 11.3 Å². The number of hydrogen-bond acceptors (Lipinski definition) is 4. The van der Waals surface area contributed by atoms with Gasteiger partial charge in [0.05, 0.1) is 11.3 Å². The average Bonchev–Trinajstić information content (AvgIpc) is 2.67. The van der Waals surface area contributed by atoms with Crippen LogP contribution in [0.15, 0.2) is 0 Å². The van der Waals surface area contributed by atoms with E-state index in [0.29, 0.717) is 25.7 Å². The summed E-state index contributed by atoms with van der Waals surface area (Å²) in [5, 5.41) is 0. The molecule has 2 aliphatic carbocycles. The molecule has 0 aromatic carbocycles. The van der Waals surface area contributed by atoms with Gasteiger partial charge in [-0.2, -0.15) is 0 Å². The Morgan fingerprint density at radius 1 is 0.571 bits per heavy atom. The molecule has 170 valence electrons. The van der Waals surface area contributed by atoms with Crippen molar-refractivity contribution in [2.75, 3.05) is 13.1 Å². The van der Waals surface area contributed by atoms with E-state index in [0.717, 1.165) is 64.5 Å². The summed E-state index contributed by atoms with van der Waals surface area (Å²) in [6, 6.07) is 0. The van der Waals surface area contributed by atoms with Crippen LogP contribution in [-0.4, -0.2) is 44.0 Å². The highest BCUT2D eigenvalue weighted by atomic mass is 31.2.